The zero-order valence-electron chi connectivity index (χ0n) is 8.55. The molecule has 18 heavy (non-hydrogen) atoms. The minimum Gasteiger partial charge on any atom is -0.397 e. The molecule has 1 aromatic heterocycles. The molecule has 2 aromatic rings. The molecule has 0 bridgehead atoms. The fourth-order valence-electron chi connectivity index (χ4n) is 1.32. The third-order valence-electron chi connectivity index (χ3n) is 2.11. The van der Waals surface area contributed by atoms with Crippen molar-refractivity contribution >= 4 is 28.6 Å². The van der Waals surface area contributed by atoms with Crippen molar-refractivity contribution < 1.29 is 17.6 Å². The van der Waals surface area contributed by atoms with Gasteiger partial charge >= 0.3 is 6.18 Å². The number of anilines is 1. The Bertz CT molecular complexity index is 594. The number of hydrogen-bond donors (Lipinski definition) is 1. The molecule has 8 heteroatoms. The predicted octanol–water partition coefficient (Wildman–Crippen LogP) is 4.20. The molecule has 0 fully saturated rings. The van der Waals surface area contributed by atoms with E-state index in [9.17, 15) is 17.6 Å². The quantitative estimate of drug-likeness (QED) is 0.632. The molecule has 0 saturated carbocycles. The van der Waals surface area contributed by atoms with Gasteiger partial charge in [-0.15, -0.1) is 11.3 Å². The van der Waals surface area contributed by atoms with Crippen LogP contribution in [0.1, 0.15) is 5.01 Å². The van der Waals surface area contributed by atoms with Crippen molar-refractivity contribution in [2.45, 2.75) is 6.18 Å². The van der Waals surface area contributed by atoms with Gasteiger partial charge < -0.3 is 5.73 Å². The molecule has 0 aliphatic heterocycles. The van der Waals surface area contributed by atoms with Gasteiger partial charge in [-0.2, -0.15) is 13.2 Å². The summed E-state index contributed by atoms with van der Waals surface area (Å²) in [4.78, 5) is 3.35. The zero-order chi connectivity index (χ0) is 13.5. The Hall–Kier alpha value is -1.34. The summed E-state index contributed by atoms with van der Waals surface area (Å²) in [5.41, 5.74) is 5.73. The van der Waals surface area contributed by atoms with E-state index in [0.29, 0.717) is 11.3 Å². The second-order valence-electron chi connectivity index (χ2n) is 3.38. The molecule has 2 nitrogen and oxygen atoms in total. The molecule has 0 aliphatic rings. The number of benzene rings is 1. The van der Waals surface area contributed by atoms with E-state index < -0.39 is 17.0 Å². The molecule has 0 aliphatic carbocycles. The highest BCUT2D eigenvalue weighted by Crippen LogP contribution is 2.39. The third kappa shape index (κ3) is 2.41. The van der Waals surface area contributed by atoms with Gasteiger partial charge in [-0.25, -0.2) is 9.37 Å². The van der Waals surface area contributed by atoms with E-state index in [4.69, 9.17) is 17.3 Å². The van der Waals surface area contributed by atoms with Gasteiger partial charge in [-0.3, -0.25) is 0 Å². The Kier molecular flexibility index (Phi) is 3.20. The number of halogens is 5. The summed E-state index contributed by atoms with van der Waals surface area (Å²) in [5, 5.41) is -1.07. The van der Waals surface area contributed by atoms with Crippen LogP contribution in [0.4, 0.5) is 23.2 Å². The number of nitrogen functional groups attached to an aromatic ring is 1. The topological polar surface area (TPSA) is 38.9 Å². The van der Waals surface area contributed by atoms with Gasteiger partial charge in [-0.1, -0.05) is 11.6 Å². The largest absolute Gasteiger partial charge is 0.443 e. The normalized spacial score (nSPS) is 11.8. The van der Waals surface area contributed by atoms with Gasteiger partial charge in [-0.05, 0) is 12.1 Å². The average Bonchev–Trinajstić information content (AvgIpc) is 2.71. The Labute approximate surface area is 108 Å². The van der Waals surface area contributed by atoms with Gasteiger partial charge in [0, 0.05) is 11.8 Å². The summed E-state index contributed by atoms with van der Waals surface area (Å²) in [5.74, 6) is -0.675. The standard InChI is InChI=1S/C10H5ClF4N2S/c11-6-2-4(12)1-5(8(6)16)7-3-17-9(18-7)10(13,14)15/h1-3H,16H2. The number of nitrogens with zero attached hydrogens (tertiary/aromatic N) is 1. The summed E-state index contributed by atoms with van der Waals surface area (Å²) in [6, 6.07) is 2.01. The molecule has 1 aromatic carbocycles. The van der Waals surface area contributed by atoms with Crippen molar-refractivity contribution in [2.24, 2.45) is 0 Å². The Morgan fingerprint density at radius 3 is 2.50 bits per heavy atom. The molecule has 0 atom stereocenters. The van der Waals surface area contributed by atoms with Crippen molar-refractivity contribution in [3.05, 3.63) is 34.2 Å². The average molecular weight is 297 g/mol. The molecule has 0 amide bonds. The number of thiazole rings is 1. The monoisotopic (exact) mass is 296 g/mol. The minimum atomic E-state index is -4.53. The number of aromatic nitrogens is 1. The van der Waals surface area contributed by atoms with E-state index in [1.54, 1.807) is 0 Å². The fraction of sp³-hybridized carbons (Fsp3) is 0.100. The van der Waals surface area contributed by atoms with E-state index in [1.165, 1.54) is 0 Å². The Morgan fingerprint density at radius 1 is 1.28 bits per heavy atom. The van der Waals surface area contributed by atoms with Crippen LogP contribution in [0.2, 0.25) is 5.02 Å². The van der Waals surface area contributed by atoms with Crippen molar-refractivity contribution in [1.82, 2.24) is 4.98 Å². The fourth-order valence-corrected chi connectivity index (χ4v) is 2.34. The molecular formula is C10H5ClF4N2S. The molecule has 0 radical (unpaired) electrons. The van der Waals surface area contributed by atoms with E-state index in [2.05, 4.69) is 4.98 Å². The maximum Gasteiger partial charge on any atom is 0.443 e. The lowest BCUT2D eigenvalue weighted by molar-refractivity contribution is -0.137. The van der Waals surface area contributed by atoms with E-state index in [1.807, 2.05) is 0 Å². The van der Waals surface area contributed by atoms with Crippen molar-refractivity contribution in [2.75, 3.05) is 5.73 Å². The van der Waals surface area contributed by atoms with Crippen molar-refractivity contribution in [3.63, 3.8) is 0 Å². The van der Waals surface area contributed by atoms with Crippen LogP contribution in [0.15, 0.2) is 18.3 Å². The van der Waals surface area contributed by atoms with E-state index >= 15 is 0 Å². The van der Waals surface area contributed by atoms with Crippen LogP contribution >= 0.6 is 22.9 Å². The molecular weight excluding hydrogens is 292 g/mol. The zero-order valence-corrected chi connectivity index (χ0v) is 10.1. The van der Waals surface area contributed by atoms with Gasteiger partial charge in [0.1, 0.15) is 5.82 Å². The molecule has 2 rings (SSSR count). The SMILES string of the molecule is Nc1c(Cl)cc(F)cc1-c1cnc(C(F)(F)F)s1. The number of hydrogen-bond acceptors (Lipinski definition) is 3. The second kappa shape index (κ2) is 4.40. The van der Waals surface area contributed by atoms with Crippen molar-refractivity contribution in [3.8, 4) is 10.4 Å². The van der Waals surface area contributed by atoms with E-state index in [-0.39, 0.29) is 21.2 Å². The highest BCUT2D eigenvalue weighted by molar-refractivity contribution is 7.15. The third-order valence-corrected chi connectivity index (χ3v) is 3.50. The number of alkyl halides is 3. The highest BCUT2D eigenvalue weighted by Gasteiger charge is 2.34. The smallest absolute Gasteiger partial charge is 0.397 e. The maximum absolute atomic E-state index is 13.2. The van der Waals surface area contributed by atoms with Crippen LogP contribution in [0, 0.1) is 5.82 Å². The molecule has 96 valence electrons. The second-order valence-corrected chi connectivity index (χ2v) is 4.81. The first kappa shape index (κ1) is 13.1. The van der Waals surface area contributed by atoms with Crippen LogP contribution in [-0.2, 0) is 6.18 Å². The summed E-state index contributed by atoms with van der Waals surface area (Å²) < 4.78 is 50.3. The lowest BCUT2D eigenvalue weighted by atomic mass is 10.1. The van der Waals surface area contributed by atoms with Crippen LogP contribution in [0.3, 0.4) is 0 Å². The number of rotatable bonds is 1. The highest BCUT2D eigenvalue weighted by atomic mass is 35.5. The van der Waals surface area contributed by atoms with Crippen LogP contribution in [-0.4, -0.2) is 4.98 Å². The lowest BCUT2D eigenvalue weighted by Gasteiger charge is -2.05. The molecule has 2 N–H and O–H groups in total. The Morgan fingerprint density at radius 2 is 1.94 bits per heavy atom. The summed E-state index contributed by atoms with van der Waals surface area (Å²) in [7, 11) is 0. The van der Waals surface area contributed by atoms with Crippen LogP contribution in [0.25, 0.3) is 10.4 Å². The summed E-state index contributed by atoms with van der Waals surface area (Å²) in [6.45, 7) is 0. The Balaban J connectivity index is 2.53. The molecule has 0 spiro atoms. The summed E-state index contributed by atoms with van der Waals surface area (Å²) in [6.07, 6.45) is -3.54. The predicted molar refractivity (Wildman–Crippen MR) is 61.9 cm³/mol. The minimum absolute atomic E-state index is 0.0236. The van der Waals surface area contributed by atoms with Gasteiger partial charge in [0.05, 0.1) is 15.6 Å². The molecule has 0 unspecified atom stereocenters. The van der Waals surface area contributed by atoms with Gasteiger partial charge in [0.15, 0.2) is 5.01 Å². The van der Waals surface area contributed by atoms with E-state index in [0.717, 1.165) is 18.3 Å². The summed E-state index contributed by atoms with van der Waals surface area (Å²) >= 11 is 6.05. The first-order valence-corrected chi connectivity index (χ1v) is 5.76. The van der Waals surface area contributed by atoms with Crippen LogP contribution < -0.4 is 5.73 Å². The molecule has 1 heterocycles. The maximum atomic E-state index is 13.2. The van der Waals surface area contributed by atoms with Crippen LogP contribution in [0.5, 0.6) is 0 Å². The number of nitrogens with two attached hydrogens (primary N) is 1. The van der Waals surface area contributed by atoms with Crippen molar-refractivity contribution in [1.29, 1.82) is 0 Å². The first-order valence-electron chi connectivity index (χ1n) is 4.57. The van der Waals surface area contributed by atoms with Gasteiger partial charge in [0.2, 0.25) is 0 Å². The van der Waals surface area contributed by atoms with Gasteiger partial charge in [0.25, 0.3) is 0 Å². The molecule has 0 saturated heterocycles. The first-order chi connectivity index (χ1) is 8.29. The lowest BCUT2D eigenvalue weighted by Crippen LogP contribution is -2.02.